The molecule has 4 nitrogen and oxygen atoms in total. The van der Waals surface area contributed by atoms with Gasteiger partial charge in [-0.15, -0.1) is 0 Å². The summed E-state index contributed by atoms with van der Waals surface area (Å²) >= 11 is 0. The Labute approximate surface area is 110 Å². The molecule has 0 amide bonds. The third-order valence-corrected chi connectivity index (χ3v) is 2.85. The van der Waals surface area contributed by atoms with Gasteiger partial charge >= 0.3 is 0 Å². The third kappa shape index (κ3) is 4.52. The normalized spacial score (nSPS) is 11.8. The van der Waals surface area contributed by atoms with Crippen LogP contribution in [0.25, 0.3) is 0 Å². The van der Waals surface area contributed by atoms with E-state index in [1.165, 1.54) is 0 Å². The molecule has 1 N–H and O–H groups in total. The zero-order valence-corrected chi connectivity index (χ0v) is 12.1. The van der Waals surface area contributed by atoms with E-state index in [1.54, 1.807) is 0 Å². The van der Waals surface area contributed by atoms with Crippen LogP contribution in [0.5, 0.6) is 0 Å². The Balaban J connectivity index is 2.44. The van der Waals surface area contributed by atoms with Gasteiger partial charge in [-0.25, -0.2) is 0 Å². The lowest BCUT2D eigenvalue weighted by molar-refractivity contribution is 0.232. The minimum Gasteiger partial charge on any atom is -0.342 e. The standard InChI is InChI=1S/C14H24N4/c1-14(2,11-17(3)4)10-16-8-12-6-13(7-15)18(5)9-12/h6,9,16H,8,10-11H2,1-5H3. The van der Waals surface area contributed by atoms with Crippen LogP contribution < -0.4 is 5.32 Å². The molecular formula is C14H24N4. The molecule has 1 aromatic heterocycles. The maximum atomic E-state index is 8.89. The molecule has 0 aliphatic heterocycles. The Bertz CT molecular complexity index is 423. The van der Waals surface area contributed by atoms with Gasteiger partial charge < -0.3 is 14.8 Å². The van der Waals surface area contributed by atoms with Crippen molar-refractivity contribution in [2.45, 2.75) is 20.4 Å². The van der Waals surface area contributed by atoms with Gasteiger partial charge in [-0.3, -0.25) is 0 Å². The molecule has 0 bridgehead atoms. The first-order valence-electron chi connectivity index (χ1n) is 6.25. The monoisotopic (exact) mass is 248 g/mol. The summed E-state index contributed by atoms with van der Waals surface area (Å²) in [6, 6.07) is 4.11. The molecule has 0 aliphatic rings. The predicted octanol–water partition coefficient (Wildman–Crippen LogP) is 1.57. The van der Waals surface area contributed by atoms with Crippen molar-refractivity contribution in [1.29, 1.82) is 5.26 Å². The Morgan fingerprint density at radius 3 is 2.61 bits per heavy atom. The number of nitrogens with zero attached hydrogens (tertiary/aromatic N) is 3. The van der Waals surface area contributed by atoms with Gasteiger partial charge in [0.1, 0.15) is 11.8 Å². The Hall–Kier alpha value is -1.31. The van der Waals surface area contributed by atoms with Crippen LogP contribution in [0.1, 0.15) is 25.1 Å². The van der Waals surface area contributed by atoms with Crippen LogP contribution in [0.4, 0.5) is 0 Å². The molecule has 0 saturated heterocycles. The molecule has 1 rings (SSSR count). The minimum atomic E-state index is 0.246. The van der Waals surface area contributed by atoms with Crippen molar-refractivity contribution in [3.05, 3.63) is 23.5 Å². The topological polar surface area (TPSA) is 44.0 Å². The largest absolute Gasteiger partial charge is 0.342 e. The van der Waals surface area contributed by atoms with Crippen molar-refractivity contribution in [2.75, 3.05) is 27.2 Å². The number of hydrogen-bond donors (Lipinski definition) is 1. The van der Waals surface area contributed by atoms with Crippen molar-refractivity contribution in [3.63, 3.8) is 0 Å². The predicted molar refractivity (Wildman–Crippen MR) is 74.2 cm³/mol. The van der Waals surface area contributed by atoms with Crippen LogP contribution in [-0.4, -0.2) is 36.7 Å². The molecular weight excluding hydrogens is 224 g/mol. The molecule has 0 unspecified atom stereocenters. The lowest BCUT2D eigenvalue weighted by atomic mass is 9.93. The van der Waals surface area contributed by atoms with E-state index < -0.39 is 0 Å². The van der Waals surface area contributed by atoms with Crippen LogP contribution in [0.2, 0.25) is 0 Å². The van der Waals surface area contributed by atoms with Crippen LogP contribution in [0.3, 0.4) is 0 Å². The summed E-state index contributed by atoms with van der Waals surface area (Å²) in [5.41, 5.74) is 2.12. The van der Waals surface area contributed by atoms with E-state index in [9.17, 15) is 0 Å². The van der Waals surface area contributed by atoms with Crippen molar-refractivity contribution < 1.29 is 0 Å². The van der Waals surface area contributed by atoms with E-state index in [0.29, 0.717) is 5.69 Å². The number of hydrogen-bond acceptors (Lipinski definition) is 3. The number of nitriles is 1. The van der Waals surface area contributed by atoms with Gasteiger partial charge in [0.25, 0.3) is 0 Å². The maximum Gasteiger partial charge on any atom is 0.120 e. The summed E-state index contributed by atoms with van der Waals surface area (Å²) in [5.74, 6) is 0. The molecule has 18 heavy (non-hydrogen) atoms. The number of aryl methyl sites for hydroxylation is 1. The van der Waals surface area contributed by atoms with E-state index in [-0.39, 0.29) is 5.41 Å². The molecule has 0 spiro atoms. The van der Waals surface area contributed by atoms with Gasteiger partial charge in [-0.2, -0.15) is 5.26 Å². The molecule has 4 heteroatoms. The highest BCUT2D eigenvalue weighted by Gasteiger charge is 2.18. The highest BCUT2D eigenvalue weighted by Crippen LogP contribution is 2.14. The van der Waals surface area contributed by atoms with Gasteiger partial charge in [0, 0.05) is 32.9 Å². The van der Waals surface area contributed by atoms with E-state index in [2.05, 4.69) is 44.2 Å². The van der Waals surface area contributed by atoms with Gasteiger partial charge in [-0.05, 0) is 31.1 Å². The van der Waals surface area contributed by atoms with E-state index in [4.69, 9.17) is 5.26 Å². The first-order valence-corrected chi connectivity index (χ1v) is 6.25. The summed E-state index contributed by atoms with van der Waals surface area (Å²) in [6.07, 6.45) is 2.00. The summed E-state index contributed by atoms with van der Waals surface area (Å²) in [5, 5.41) is 12.4. The van der Waals surface area contributed by atoms with Crippen LogP contribution in [0.15, 0.2) is 12.3 Å². The molecule has 0 atom stereocenters. The fourth-order valence-corrected chi connectivity index (χ4v) is 2.30. The van der Waals surface area contributed by atoms with Crippen molar-refractivity contribution in [2.24, 2.45) is 12.5 Å². The van der Waals surface area contributed by atoms with Gasteiger partial charge in [-0.1, -0.05) is 13.8 Å². The number of aromatic nitrogens is 1. The van der Waals surface area contributed by atoms with Gasteiger partial charge in [0.2, 0.25) is 0 Å². The SMILES string of the molecule is CN(C)CC(C)(C)CNCc1cc(C#N)n(C)c1. The molecule has 1 aromatic rings. The van der Waals surface area contributed by atoms with Crippen LogP contribution in [-0.2, 0) is 13.6 Å². The Kier molecular flexibility index (Phi) is 4.94. The second kappa shape index (κ2) is 6.03. The average molecular weight is 248 g/mol. The molecule has 0 aliphatic carbocycles. The van der Waals surface area contributed by atoms with E-state index in [1.807, 2.05) is 23.9 Å². The highest BCUT2D eigenvalue weighted by atomic mass is 15.1. The number of nitrogens with one attached hydrogen (secondary N) is 1. The second-order valence-corrected chi connectivity index (χ2v) is 5.96. The molecule has 0 radical (unpaired) electrons. The summed E-state index contributed by atoms with van der Waals surface area (Å²) in [7, 11) is 6.09. The molecule has 0 fully saturated rings. The fraction of sp³-hybridized carbons (Fsp3) is 0.643. The maximum absolute atomic E-state index is 8.89. The summed E-state index contributed by atoms with van der Waals surface area (Å²) in [6.45, 7) is 7.34. The van der Waals surface area contributed by atoms with E-state index >= 15 is 0 Å². The molecule has 0 aromatic carbocycles. The quantitative estimate of drug-likeness (QED) is 0.831. The summed E-state index contributed by atoms with van der Waals surface area (Å²) in [4.78, 5) is 2.21. The first kappa shape index (κ1) is 14.7. The Morgan fingerprint density at radius 2 is 2.11 bits per heavy atom. The van der Waals surface area contributed by atoms with Crippen molar-refractivity contribution in [1.82, 2.24) is 14.8 Å². The highest BCUT2D eigenvalue weighted by molar-refractivity contribution is 5.28. The average Bonchev–Trinajstić information content (AvgIpc) is 2.56. The lowest BCUT2D eigenvalue weighted by Crippen LogP contribution is -2.37. The van der Waals surface area contributed by atoms with Crippen LogP contribution in [0, 0.1) is 16.7 Å². The third-order valence-electron chi connectivity index (χ3n) is 2.85. The fourth-order valence-electron chi connectivity index (χ4n) is 2.30. The smallest absolute Gasteiger partial charge is 0.120 e. The molecule has 1 heterocycles. The van der Waals surface area contributed by atoms with Crippen molar-refractivity contribution in [3.8, 4) is 6.07 Å². The lowest BCUT2D eigenvalue weighted by Gasteiger charge is -2.28. The zero-order chi connectivity index (χ0) is 13.8. The first-order chi connectivity index (χ1) is 8.34. The minimum absolute atomic E-state index is 0.246. The van der Waals surface area contributed by atoms with Gasteiger partial charge in [0.05, 0.1) is 0 Å². The van der Waals surface area contributed by atoms with E-state index in [0.717, 1.165) is 25.2 Å². The Morgan fingerprint density at radius 1 is 1.44 bits per heavy atom. The molecule has 100 valence electrons. The zero-order valence-electron chi connectivity index (χ0n) is 12.1. The second-order valence-electron chi connectivity index (χ2n) is 5.96. The van der Waals surface area contributed by atoms with Gasteiger partial charge in [0.15, 0.2) is 0 Å². The number of rotatable bonds is 6. The summed E-state index contributed by atoms with van der Waals surface area (Å²) < 4.78 is 1.86. The van der Waals surface area contributed by atoms with Crippen LogP contribution >= 0.6 is 0 Å². The van der Waals surface area contributed by atoms with Crippen molar-refractivity contribution >= 4 is 0 Å². The molecule has 0 saturated carbocycles.